The van der Waals surface area contributed by atoms with E-state index in [1.54, 1.807) is 14.2 Å². The van der Waals surface area contributed by atoms with Gasteiger partial charge in [-0.25, -0.2) is 0 Å². The van der Waals surface area contributed by atoms with Gasteiger partial charge in [-0.3, -0.25) is 0 Å². The van der Waals surface area contributed by atoms with Crippen molar-refractivity contribution in [3.05, 3.63) is 95.6 Å². The molecule has 0 unspecified atom stereocenters. The molecule has 0 fully saturated rings. The Hall–Kier alpha value is -2.45. The minimum absolute atomic E-state index is 0.667. The first kappa shape index (κ1) is 17.4. The Morgan fingerprint density at radius 1 is 0.680 bits per heavy atom. The number of ether oxygens (including phenoxy) is 2. The van der Waals surface area contributed by atoms with Gasteiger partial charge in [-0.1, -0.05) is 54.6 Å². The summed E-state index contributed by atoms with van der Waals surface area (Å²) in [6.45, 7) is 0. The van der Waals surface area contributed by atoms with Gasteiger partial charge >= 0.3 is 0 Å². The first-order valence-electron chi connectivity index (χ1n) is 8.17. The summed E-state index contributed by atoms with van der Waals surface area (Å²) in [5.41, 5.74) is 3.25. The molecule has 0 saturated carbocycles. The van der Waals surface area contributed by atoms with E-state index >= 15 is 0 Å². The van der Waals surface area contributed by atoms with Crippen LogP contribution in [0.4, 0.5) is 0 Å². The lowest BCUT2D eigenvalue weighted by Gasteiger charge is -2.29. The molecule has 0 spiro atoms. The summed E-state index contributed by atoms with van der Waals surface area (Å²) in [5.74, 6) is 1.63. The summed E-state index contributed by atoms with van der Waals surface area (Å²) < 4.78 is 10.6. The van der Waals surface area contributed by atoms with Crippen molar-refractivity contribution in [1.82, 2.24) is 0 Å². The highest BCUT2D eigenvalue weighted by atomic mass is 35.5. The van der Waals surface area contributed by atoms with E-state index in [0.717, 1.165) is 22.6 Å². The van der Waals surface area contributed by atoms with Crippen molar-refractivity contribution >= 4 is 11.6 Å². The highest BCUT2D eigenvalue weighted by molar-refractivity contribution is 6.26. The van der Waals surface area contributed by atoms with Gasteiger partial charge in [0.25, 0.3) is 0 Å². The third kappa shape index (κ3) is 3.80. The average Bonchev–Trinajstić information content (AvgIpc) is 2.69. The second kappa shape index (κ2) is 7.62. The lowest BCUT2D eigenvalue weighted by Crippen LogP contribution is -2.23. The normalized spacial score (nSPS) is 11.2. The van der Waals surface area contributed by atoms with E-state index in [2.05, 4.69) is 12.1 Å². The standard InChI is InChI=1S/C22H21ClO2/c1-24-20-12-8-18(9-13-20)22(23,16-17-6-4-3-5-7-17)19-10-14-21(25-2)15-11-19/h3-15H,16H2,1-2H3. The molecular weight excluding hydrogens is 332 g/mol. The highest BCUT2D eigenvalue weighted by Gasteiger charge is 2.32. The van der Waals surface area contributed by atoms with Crippen molar-refractivity contribution < 1.29 is 9.47 Å². The highest BCUT2D eigenvalue weighted by Crippen LogP contribution is 2.41. The summed E-state index contributed by atoms with van der Waals surface area (Å²) in [6, 6.07) is 26.2. The van der Waals surface area contributed by atoms with Gasteiger partial charge in [-0.15, -0.1) is 11.6 Å². The van der Waals surface area contributed by atoms with Crippen molar-refractivity contribution in [1.29, 1.82) is 0 Å². The number of methoxy groups -OCH3 is 2. The molecule has 3 aromatic rings. The fourth-order valence-electron chi connectivity index (χ4n) is 2.96. The van der Waals surface area contributed by atoms with Crippen LogP contribution in [0.2, 0.25) is 0 Å². The van der Waals surface area contributed by atoms with E-state index in [1.807, 2.05) is 66.7 Å². The fourth-order valence-corrected chi connectivity index (χ4v) is 3.36. The molecule has 0 atom stereocenters. The van der Waals surface area contributed by atoms with Gasteiger partial charge in [0.05, 0.1) is 19.1 Å². The molecule has 0 bridgehead atoms. The van der Waals surface area contributed by atoms with Crippen LogP contribution < -0.4 is 9.47 Å². The van der Waals surface area contributed by atoms with Crippen LogP contribution in [0.25, 0.3) is 0 Å². The van der Waals surface area contributed by atoms with E-state index in [1.165, 1.54) is 5.56 Å². The molecule has 3 aromatic carbocycles. The van der Waals surface area contributed by atoms with Gasteiger partial charge in [0.1, 0.15) is 11.5 Å². The monoisotopic (exact) mass is 352 g/mol. The maximum atomic E-state index is 7.23. The van der Waals surface area contributed by atoms with Crippen LogP contribution in [-0.4, -0.2) is 14.2 Å². The van der Waals surface area contributed by atoms with Crippen molar-refractivity contribution in [2.45, 2.75) is 11.3 Å². The van der Waals surface area contributed by atoms with E-state index < -0.39 is 4.87 Å². The van der Waals surface area contributed by atoms with Crippen LogP contribution in [0.1, 0.15) is 16.7 Å². The van der Waals surface area contributed by atoms with Crippen LogP contribution >= 0.6 is 11.6 Å². The fraction of sp³-hybridized carbons (Fsp3) is 0.182. The number of benzene rings is 3. The van der Waals surface area contributed by atoms with Crippen molar-refractivity contribution in [2.75, 3.05) is 14.2 Å². The number of hydrogen-bond donors (Lipinski definition) is 0. The first-order valence-corrected chi connectivity index (χ1v) is 8.55. The van der Waals surface area contributed by atoms with Crippen LogP contribution in [0.3, 0.4) is 0 Å². The molecule has 3 rings (SSSR count). The minimum Gasteiger partial charge on any atom is -0.497 e. The molecule has 0 saturated heterocycles. The van der Waals surface area contributed by atoms with Gasteiger partial charge in [-0.05, 0) is 47.4 Å². The van der Waals surface area contributed by atoms with Gasteiger partial charge in [0, 0.05) is 0 Å². The number of rotatable bonds is 6. The van der Waals surface area contributed by atoms with Gasteiger partial charge in [0.15, 0.2) is 0 Å². The quantitative estimate of drug-likeness (QED) is 0.551. The summed E-state index contributed by atoms with van der Waals surface area (Å²) in [5, 5.41) is 0. The smallest absolute Gasteiger partial charge is 0.118 e. The summed E-state index contributed by atoms with van der Waals surface area (Å²) in [6.07, 6.45) is 0.689. The molecular formula is C22H21ClO2. The Morgan fingerprint density at radius 2 is 1.12 bits per heavy atom. The third-order valence-corrected chi connectivity index (χ3v) is 4.96. The van der Waals surface area contributed by atoms with Crippen LogP contribution in [0.5, 0.6) is 11.5 Å². The zero-order chi connectivity index (χ0) is 17.7. The molecule has 25 heavy (non-hydrogen) atoms. The van der Waals surface area contributed by atoms with Crippen molar-refractivity contribution in [3.63, 3.8) is 0 Å². The lowest BCUT2D eigenvalue weighted by atomic mass is 9.85. The van der Waals surface area contributed by atoms with E-state index in [9.17, 15) is 0 Å². The summed E-state index contributed by atoms with van der Waals surface area (Å²) >= 11 is 7.23. The zero-order valence-corrected chi connectivity index (χ0v) is 15.2. The molecule has 0 heterocycles. The Balaban J connectivity index is 2.05. The minimum atomic E-state index is -0.667. The Labute approximate surface area is 154 Å². The molecule has 0 aromatic heterocycles. The van der Waals surface area contributed by atoms with Gasteiger partial charge in [0.2, 0.25) is 0 Å². The van der Waals surface area contributed by atoms with Crippen LogP contribution in [0, 0.1) is 0 Å². The van der Waals surface area contributed by atoms with Crippen LogP contribution in [-0.2, 0) is 11.3 Å². The first-order chi connectivity index (χ1) is 12.2. The van der Waals surface area contributed by atoms with Crippen molar-refractivity contribution in [3.8, 4) is 11.5 Å². The molecule has 0 aliphatic heterocycles. The molecule has 3 heteroatoms. The molecule has 2 nitrogen and oxygen atoms in total. The zero-order valence-electron chi connectivity index (χ0n) is 14.4. The Bertz CT molecular complexity index is 748. The maximum Gasteiger partial charge on any atom is 0.118 e. The molecule has 0 aliphatic rings. The average molecular weight is 353 g/mol. The number of hydrogen-bond acceptors (Lipinski definition) is 2. The number of alkyl halides is 1. The summed E-state index contributed by atoms with van der Waals surface area (Å²) in [4.78, 5) is -0.667. The molecule has 0 amide bonds. The lowest BCUT2D eigenvalue weighted by molar-refractivity contribution is 0.414. The predicted molar refractivity (Wildman–Crippen MR) is 103 cm³/mol. The van der Waals surface area contributed by atoms with E-state index in [4.69, 9.17) is 21.1 Å². The predicted octanol–water partition coefficient (Wildman–Crippen LogP) is 5.43. The van der Waals surface area contributed by atoms with Crippen LogP contribution in [0.15, 0.2) is 78.9 Å². The van der Waals surface area contributed by atoms with Gasteiger partial charge in [-0.2, -0.15) is 0 Å². The molecule has 0 aliphatic carbocycles. The second-order valence-electron chi connectivity index (χ2n) is 5.92. The Kier molecular flexibility index (Phi) is 5.30. The van der Waals surface area contributed by atoms with Gasteiger partial charge < -0.3 is 9.47 Å². The second-order valence-corrected chi connectivity index (χ2v) is 6.57. The third-order valence-electron chi connectivity index (χ3n) is 4.39. The maximum absolute atomic E-state index is 7.23. The largest absolute Gasteiger partial charge is 0.497 e. The summed E-state index contributed by atoms with van der Waals surface area (Å²) in [7, 11) is 3.33. The SMILES string of the molecule is COc1ccc(C(Cl)(Cc2ccccc2)c2ccc(OC)cc2)cc1. The molecule has 0 radical (unpaired) electrons. The molecule has 0 N–H and O–H groups in total. The molecule has 128 valence electrons. The van der Waals surface area contributed by atoms with E-state index in [-0.39, 0.29) is 0 Å². The van der Waals surface area contributed by atoms with E-state index in [0.29, 0.717) is 6.42 Å². The number of halogens is 1. The Morgan fingerprint density at radius 3 is 1.52 bits per heavy atom. The van der Waals surface area contributed by atoms with Crippen molar-refractivity contribution in [2.24, 2.45) is 0 Å². The topological polar surface area (TPSA) is 18.5 Å².